The fraction of sp³-hybridized carbons (Fsp3) is 0.130. The lowest BCUT2D eigenvalue weighted by molar-refractivity contribution is -0.127. The molecular formula is C23H20N4O4S. The number of carbonyl (C=O) groups is 4. The van der Waals surface area contributed by atoms with Crippen LogP contribution in [0, 0.1) is 6.92 Å². The van der Waals surface area contributed by atoms with Crippen LogP contribution >= 0.6 is 11.8 Å². The van der Waals surface area contributed by atoms with Crippen molar-refractivity contribution in [3.05, 3.63) is 70.8 Å². The van der Waals surface area contributed by atoms with E-state index in [9.17, 15) is 19.2 Å². The molecule has 32 heavy (non-hydrogen) atoms. The fourth-order valence-corrected chi connectivity index (χ4v) is 4.36. The number of thioether (sulfide) groups is 1. The number of nitrogens with two attached hydrogens (primary N) is 1. The number of primary amides is 1. The lowest BCUT2D eigenvalue weighted by atomic mass is 10.1. The van der Waals surface area contributed by atoms with Gasteiger partial charge in [-0.15, -0.1) is 0 Å². The molecule has 2 heterocycles. The molecule has 0 atom stereocenters. The van der Waals surface area contributed by atoms with Crippen LogP contribution in [0.3, 0.4) is 0 Å². The first-order valence-electron chi connectivity index (χ1n) is 9.80. The lowest BCUT2D eigenvalue weighted by Gasteiger charge is -2.12. The van der Waals surface area contributed by atoms with E-state index in [-0.39, 0.29) is 18.0 Å². The summed E-state index contributed by atoms with van der Waals surface area (Å²) in [4.78, 5) is 50.2. The Kier molecular flexibility index (Phi) is 5.83. The Labute approximate surface area is 188 Å². The normalized spacial score (nSPS) is 15.0. The molecule has 162 valence electrons. The van der Waals surface area contributed by atoms with Crippen molar-refractivity contribution in [2.75, 3.05) is 11.9 Å². The average Bonchev–Trinajstić information content (AvgIpc) is 3.20. The molecule has 8 nitrogen and oxygen atoms in total. The van der Waals surface area contributed by atoms with Gasteiger partial charge in [0, 0.05) is 28.4 Å². The van der Waals surface area contributed by atoms with Crippen LogP contribution in [-0.4, -0.2) is 39.0 Å². The summed E-state index contributed by atoms with van der Waals surface area (Å²) in [5, 5.41) is 3.00. The molecule has 0 saturated carbocycles. The largest absolute Gasteiger partial charge is 0.368 e. The van der Waals surface area contributed by atoms with Gasteiger partial charge in [0.2, 0.25) is 11.8 Å². The van der Waals surface area contributed by atoms with Gasteiger partial charge in [0.15, 0.2) is 0 Å². The van der Waals surface area contributed by atoms with E-state index in [4.69, 9.17) is 5.73 Å². The molecule has 1 aliphatic heterocycles. The summed E-state index contributed by atoms with van der Waals surface area (Å²) in [6, 6.07) is 14.6. The molecule has 1 fully saturated rings. The van der Waals surface area contributed by atoms with Crippen LogP contribution in [0.2, 0.25) is 0 Å². The number of hydrogen-bond donors (Lipinski definition) is 2. The number of nitrogens with one attached hydrogen (secondary N) is 1. The zero-order valence-corrected chi connectivity index (χ0v) is 18.0. The van der Waals surface area contributed by atoms with E-state index >= 15 is 0 Å². The highest BCUT2D eigenvalue weighted by Crippen LogP contribution is 2.34. The minimum absolute atomic E-state index is 0.00500. The minimum atomic E-state index is -0.536. The van der Waals surface area contributed by atoms with Gasteiger partial charge in [-0.25, -0.2) is 0 Å². The molecule has 0 bridgehead atoms. The van der Waals surface area contributed by atoms with Crippen LogP contribution in [0.25, 0.3) is 17.0 Å². The van der Waals surface area contributed by atoms with Crippen molar-refractivity contribution in [2.24, 2.45) is 5.73 Å². The Bertz CT molecular complexity index is 1290. The molecule has 3 N–H and O–H groups in total. The number of carbonyl (C=O) groups excluding carboxylic acids is 4. The number of rotatable bonds is 6. The van der Waals surface area contributed by atoms with Crippen molar-refractivity contribution in [3.8, 4) is 0 Å². The van der Waals surface area contributed by atoms with Crippen molar-refractivity contribution < 1.29 is 19.2 Å². The number of imide groups is 1. The molecule has 2 aromatic carbocycles. The Hall–Kier alpha value is -3.85. The van der Waals surface area contributed by atoms with Crippen molar-refractivity contribution in [3.63, 3.8) is 0 Å². The molecule has 3 aromatic rings. The van der Waals surface area contributed by atoms with Crippen LogP contribution in [0.4, 0.5) is 10.5 Å². The van der Waals surface area contributed by atoms with Gasteiger partial charge in [0.1, 0.15) is 13.1 Å². The van der Waals surface area contributed by atoms with Gasteiger partial charge in [-0.2, -0.15) is 0 Å². The second-order valence-corrected chi connectivity index (χ2v) is 8.37. The second-order valence-electron chi connectivity index (χ2n) is 7.38. The highest BCUT2D eigenvalue weighted by molar-refractivity contribution is 8.18. The molecule has 0 unspecified atom stereocenters. The van der Waals surface area contributed by atoms with E-state index in [1.807, 2.05) is 43.3 Å². The number of amides is 4. The van der Waals surface area contributed by atoms with Crippen LogP contribution in [0.15, 0.2) is 59.6 Å². The molecule has 0 aliphatic carbocycles. The summed E-state index contributed by atoms with van der Waals surface area (Å²) in [6.07, 6.45) is 3.32. The van der Waals surface area contributed by atoms with Gasteiger partial charge in [0.25, 0.3) is 11.1 Å². The van der Waals surface area contributed by atoms with Crippen LogP contribution in [0.5, 0.6) is 0 Å². The third-order valence-electron chi connectivity index (χ3n) is 4.91. The van der Waals surface area contributed by atoms with Crippen LogP contribution in [0.1, 0.15) is 11.1 Å². The van der Waals surface area contributed by atoms with Crippen molar-refractivity contribution in [2.45, 2.75) is 13.5 Å². The number of aromatic nitrogens is 1. The standard InChI is InChI=1S/C23H20N4O4S/c1-14-5-4-6-16(9-14)25-21(29)13-27-22(30)19(32-23(27)31)10-15-11-26(12-20(24)28)18-8-3-2-7-17(15)18/h2-11H,12-13H2,1H3,(H2,24,28)(H,25,29)/b19-10-. The summed E-state index contributed by atoms with van der Waals surface area (Å²) in [5.74, 6) is -1.49. The summed E-state index contributed by atoms with van der Waals surface area (Å²) >= 11 is 0.777. The zero-order valence-electron chi connectivity index (χ0n) is 17.2. The first kappa shape index (κ1) is 21.4. The maximum Gasteiger partial charge on any atom is 0.294 e. The monoisotopic (exact) mass is 448 g/mol. The molecule has 1 aromatic heterocycles. The molecule has 9 heteroatoms. The quantitative estimate of drug-likeness (QED) is 0.563. The highest BCUT2D eigenvalue weighted by atomic mass is 32.2. The van der Waals surface area contributed by atoms with E-state index in [0.717, 1.165) is 33.1 Å². The summed E-state index contributed by atoms with van der Waals surface area (Å²) in [7, 11) is 0. The van der Waals surface area contributed by atoms with Crippen molar-refractivity contribution in [1.82, 2.24) is 9.47 Å². The summed E-state index contributed by atoms with van der Waals surface area (Å²) < 4.78 is 1.70. The van der Waals surface area contributed by atoms with Gasteiger partial charge in [-0.1, -0.05) is 30.3 Å². The fourth-order valence-electron chi connectivity index (χ4n) is 3.53. The summed E-state index contributed by atoms with van der Waals surface area (Å²) in [6.45, 7) is 1.52. The predicted octanol–water partition coefficient (Wildman–Crippen LogP) is 3.11. The van der Waals surface area contributed by atoms with E-state index in [2.05, 4.69) is 5.32 Å². The number of nitrogens with zero attached hydrogens (tertiary/aromatic N) is 2. The molecule has 0 radical (unpaired) electrons. The number of benzene rings is 2. The number of hydrogen-bond acceptors (Lipinski definition) is 5. The molecule has 4 amide bonds. The van der Waals surface area contributed by atoms with Crippen LogP contribution in [-0.2, 0) is 20.9 Å². The highest BCUT2D eigenvalue weighted by Gasteiger charge is 2.36. The van der Waals surface area contributed by atoms with E-state index in [0.29, 0.717) is 11.3 Å². The second kappa shape index (κ2) is 8.72. The van der Waals surface area contributed by atoms with Gasteiger partial charge in [-0.05, 0) is 48.5 Å². The Balaban J connectivity index is 1.55. The van der Waals surface area contributed by atoms with E-state index in [1.165, 1.54) is 0 Å². The van der Waals surface area contributed by atoms with Gasteiger partial charge < -0.3 is 15.6 Å². The minimum Gasteiger partial charge on any atom is -0.368 e. The SMILES string of the molecule is Cc1cccc(NC(=O)CN2C(=O)S/C(=C\c3cn(CC(N)=O)c4ccccc34)C2=O)c1. The third kappa shape index (κ3) is 4.42. The maximum atomic E-state index is 12.8. The maximum absolute atomic E-state index is 12.8. The molecule has 1 aliphatic rings. The van der Waals surface area contributed by atoms with Crippen LogP contribution < -0.4 is 11.1 Å². The zero-order chi connectivity index (χ0) is 22.8. The van der Waals surface area contributed by atoms with Gasteiger partial charge in [-0.3, -0.25) is 24.1 Å². The molecule has 1 saturated heterocycles. The Morgan fingerprint density at radius 3 is 2.62 bits per heavy atom. The third-order valence-corrected chi connectivity index (χ3v) is 5.82. The molecular weight excluding hydrogens is 428 g/mol. The summed E-state index contributed by atoms with van der Waals surface area (Å²) in [5.41, 5.74) is 8.37. The first-order valence-corrected chi connectivity index (χ1v) is 10.6. The smallest absolute Gasteiger partial charge is 0.294 e. The number of anilines is 1. The van der Waals surface area contributed by atoms with Gasteiger partial charge in [0.05, 0.1) is 4.91 Å². The van der Waals surface area contributed by atoms with Gasteiger partial charge >= 0.3 is 0 Å². The van der Waals surface area contributed by atoms with E-state index in [1.54, 1.807) is 29.0 Å². The lowest BCUT2D eigenvalue weighted by Crippen LogP contribution is -2.36. The average molecular weight is 449 g/mol. The number of aryl methyl sites for hydroxylation is 1. The predicted molar refractivity (Wildman–Crippen MR) is 124 cm³/mol. The molecule has 4 rings (SSSR count). The Morgan fingerprint density at radius 1 is 1.09 bits per heavy atom. The Morgan fingerprint density at radius 2 is 1.88 bits per heavy atom. The number of fused-ring (bicyclic) bond motifs is 1. The van der Waals surface area contributed by atoms with Crippen molar-refractivity contribution >= 4 is 57.4 Å². The topological polar surface area (TPSA) is 114 Å². The van der Waals surface area contributed by atoms with Crippen molar-refractivity contribution in [1.29, 1.82) is 0 Å². The molecule has 0 spiro atoms. The first-order chi connectivity index (χ1) is 15.3. The number of para-hydroxylation sites is 1. The van der Waals surface area contributed by atoms with E-state index < -0.39 is 23.0 Å².